The highest BCUT2D eigenvalue weighted by atomic mass is 16.5. The van der Waals surface area contributed by atoms with Crippen molar-refractivity contribution in [3.63, 3.8) is 0 Å². The first-order chi connectivity index (χ1) is 8.81. The summed E-state index contributed by atoms with van der Waals surface area (Å²) in [5.74, 6) is 1.42. The zero-order chi connectivity index (χ0) is 12.8. The van der Waals surface area contributed by atoms with Crippen LogP contribution in [0.3, 0.4) is 0 Å². The molecule has 0 saturated carbocycles. The summed E-state index contributed by atoms with van der Waals surface area (Å²) < 4.78 is 10.5. The second-order valence-electron chi connectivity index (χ2n) is 4.65. The third-order valence-corrected chi connectivity index (χ3v) is 3.20. The Morgan fingerprint density at radius 1 is 1.50 bits per heavy atom. The van der Waals surface area contributed by atoms with Crippen LogP contribution in [0, 0.1) is 0 Å². The molecule has 0 radical (unpaired) electrons. The fourth-order valence-electron chi connectivity index (χ4n) is 2.22. The van der Waals surface area contributed by atoms with Crippen molar-refractivity contribution < 1.29 is 14.6 Å². The van der Waals surface area contributed by atoms with Crippen molar-refractivity contribution in [2.45, 2.75) is 18.4 Å². The van der Waals surface area contributed by atoms with Crippen molar-refractivity contribution in [2.24, 2.45) is 0 Å². The molecule has 0 saturated heterocycles. The highest BCUT2D eigenvalue weighted by molar-refractivity contribution is 5.39. The molecule has 0 spiro atoms. The lowest BCUT2D eigenvalue weighted by Crippen LogP contribution is -2.27. The van der Waals surface area contributed by atoms with Crippen molar-refractivity contribution in [1.29, 1.82) is 0 Å². The van der Waals surface area contributed by atoms with Crippen LogP contribution in [0.15, 0.2) is 24.3 Å². The van der Waals surface area contributed by atoms with Gasteiger partial charge in [0.1, 0.15) is 5.75 Å². The zero-order valence-corrected chi connectivity index (χ0v) is 10.8. The molecule has 2 unspecified atom stereocenters. The second-order valence-corrected chi connectivity index (χ2v) is 4.65. The summed E-state index contributed by atoms with van der Waals surface area (Å²) in [5.41, 5.74) is 1.28. The fourth-order valence-corrected chi connectivity index (χ4v) is 2.22. The molecule has 2 rings (SSSR count). The number of benzene rings is 1. The normalized spacial score (nSPS) is 19.3. The average Bonchev–Trinajstić information content (AvgIpc) is 2.78. The first kappa shape index (κ1) is 13.3. The smallest absolute Gasteiger partial charge is 0.122 e. The molecule has 1 aliphatic heterocycles. The standard InChI is InChI=1S/C14H21NO3/c1-17-10-12(16)6-7-15-8-11-9-18-14-5-3-2-4-13(11)14/h2-5,11-12,15-16H,6-10H2,1H3. The average molecular weight is 251 g/mol. The first-order valence-corrected chi connectivity index (χ1v) is 6.40. The van der Waals surface area contributed by atoms with E-state index in [1.807, 2.05) is 18.2 Å². The molecule has 2 N–H and O–H groups in total. The molecular weight excluding hydrogens is 230 g/mol. The Kier molecular flexibility index (Phi) is 4.99. The number of para-hydroxylation sites is 1. The number of aliphatic hydroxyl groups excluding tert-OH is 1. The van der Waals surface area contributed by atoms with Crippen LogP contribution in [0.25, 0.3) is 0 Å². The van der Waals surface area contributed by atoms with Crippen molar-refractivity contribution in [3.05, 3.63) is 29.8 Å². The van der Waals surface area contributed by atoms with E-state index in [0.29, 0.717) is 18.9 Å². The van der Waals surface area contributed by atoms with Crippen molar-refractivity contribution >= 4 is 0 Å². The summed E-state index contributed by atoms with van der Waals surface area (Å²) in [5, 5.41) is 12.9. The summed E-state index contributed by atoms with van der Waals surface area (Å²) in [4.78, 5) is 0. The van der Waals surface area contributed by atoms with Gasteiger partial charge in [-0.3, -0.25) is 0 Å². The van der Waals surface area contributed by atoms with E-state index >= 15 is 0 Å². The fraction of sp³-hybridized carbons (Fsp3) is 0.571. The minimum absolute atomic E-state index is 0.380. The number of aliphatic hydroxyl groups is 1. The van der Waals surface area contributed by atoms with Gasteiger partial charge in [-0.1, -0.05) is 18.2 Å². The number of rotatable bonds is 7. The third kappa shape index (κ3) is 3.45. The van der Waals surface area contributed by atoms with Crippen LogP contribution in [-0.4, -0.2) is 44.6 Å². The van der Waals surface area contributed by atoms with Crippen LogP contribution < -0.4 is 10.1 Å². The van der Waals surface area contributed by atoms with Gasteiger partial charge in [0.25, 0.3) is 0 Å². The summed E-state index contributed by atoms with van der Waals surface area (Å²) in [6.45, 7) is 2.82. The Labute approximate surface area is 108 Å². The SMILES string of the molecule is COCC(O)CCNCC1COc2ccccc21. The van der Waals surface area contributed by atoms with Gasteiger partial charge in [-0.05, 0) is 19.0 Å². The Bertz CT molecular complexity index is 370. The lowest BCUT2D eigenvalue weighted by Gasteiger charge is -2.12. The maximum Gasteiger partial charge on any atom is 0.122 e. The van der Waals surface area contributed by atoms with Crippen LogP contribution in [0.1, 0.15) is 17.9 Å². The van der Waals surface area contributed by atoms with E-state index in [1.54, 1.807) is 7.11 Å². The van der Waals surface area contributed by atoms with Crippen LogP contribution in [-0.2, 0) is 4.74 Å². The van der Waals surface area contributed by atoms with Crippen LogP contribution in [0.5, 0.6) is 5.75 Å². The molecule has 0 bridgehead atoms. The van der Waals surface area contributed by atoms with Crippen molar-refractivity contribution in [2.75, 3.05) is 33.4 Å². The molecule has 0 aliphatic carbocycles. The zero-order valence-electron chi connectivity index (χ0n) is 10.8. The topological polar surface area (TPSA) is 50.7 Å². The number of ether oxygens (including phenoxy) is 2. The van der Waals surface area contributed by atoms with Gasteiger partial charge in [0.15, 0.2) is 0 Å². The summed E-state index contributed by atoms with van der Waals surface area (Å²) in [6.07, 6.45) is 0.331. The van der Waals surface area contributed by atoms with Crippen LogP contribution >= 0.6 is 0 Å². The number of nitrogens with one attached hydrogen (secondary N) is 1. The Morgan fingerprint density at radius 3 is 3.17 bits per heavy atom. The number of fused-ring (bicyclic) bond motifs is 1. The number of hydrogen-bond donors (Lipinski definition) is 2. The van der Waals surface area contributed by atoms with Gasteiger partial charge in [0, 0.05) is 25.1 Å². The van der Waals surface area contributed by atoms with E-state index in [2.05, 4.69) is 11.4 Å². The number of hydrogen-bond acceptors (Lipinski definition) is 4. The van der Waals surface area contributed by atoms with Crippen molar-refractivity contribution in [3.8, 4) is 5.75 Å². The van der Waals surface area contributed by atoms with Gasteiger partial charge in [0.2, 0.25) is 0 Å². The summed E-state index contributed by atoms with van der Waals surface area (Å²) in [7, 11) is 1.60. The maximum absolute atomic E-state index is 9.51. The van der Waals surface area contributed by atoms with E-state index in [9.17, 15) is 5.11 Å². The molecule has 1 aliphatic rings. The summed E-state index contributed by atoms with van der Waals surface area (Å²) in [6, 6.07) is 8.17. The molecular formula is C14H21NO3. The molecule has 4 nitrogen and oxygen atoms in total. The van der Waals surface area contributed by atoms with E-state index in [4.69, 9.17) is 9.47 Å². The largest absolute Gasteiger partial charge is 0.493 e. The van der Waals surface area contributed by atoms with Crippen molar-refractivity contribution in [1.82, 2.24) is 5.32 Å². The molecule has 0 aromatic heterocycles. The first-order valence-electron chi connectivity index (χ1n) is 6.40. The van der Waals surface area contributed by atoms with E-state index in [-0.39, 0.29) is 6.10 Å². The van der Waals surface area contributed by atoms with Crippen LogP contribution in [0.4, 0.5) is 0 Å². The molecule has 4 heteroatoms. The minimum atomic E-state index is -0.380. The lowest BCUT2D eigenvalue weighted by atomic mass is 10.0. The van der Waals surface area contributed by atoms with E-state index in [0.717, 1.165) is 25.4 Å². The predicted molar refractivity (Wildman–Crippen MR) is 70.0 cm³/mol. The predicted octanol–water partition coefficient (Wildman–Crippen LogP) is 1.15. The Morgan fingerprint density at radius 2 is 2.33 bits per heavy atom. The molecule has 18 heavy (non-hydrogen) atoms. The van der Waals surface area contributed by atoms with Gasteiger partial charge in [-0.15, -0.1) is 0 Å². The Hall–Kier alpha value is -1.10. The number of methoxy groups -OCH3 is 1. The third-order valence-electron chi connectivity index (χ3n) is 3.20. The van der Waals surface area contributed by atoms with Gasteiger partial charge in [-0.25, -0.2) is 0 Å². The van der Waals surface area contributed by atoms with E-state index < -0.39 is 0 Å². The van der Waals surface area contributed by atoms with Crippen LogP contribution in [0.2, 0.25) is 0 Å². The Balaban J connectivity index is 1.69. The van der Waals surface area contributed by atoms with Gasteiger partial charge in [-0.2, -0.15) is 0 Å². The minimum Gasteiger partial charge on any atom is -0.493 e. The molecule has 1 aromatic carbocycles. The molecule has 2 atom stereocenters. The molecule has 1 heterocycles. The second kappa shape index (κ2) is 6.73. The molecule has 1 aromatic rings. The molecule has 100 valence electrons. The van der Waals surface area contributed by atoms with E-state index in [1.165, 1.54) is 5.56 Å². The molecule has 0 amide bonds. The van der Waals surface area contributed by atoms with Gasteiger partial charge >= 0.3 is 0 Å². The monoisotopic (exact) mass is 251 g/mol. The quantitative estimate of drug-likeness (QED) is 0.714. The molecule has 0 fully saturated rings. The highest BCUT2D eigenvalue weighted by Crippen LogP contribution is 2.32. The van der Waals surface area contributed by atoms with Gasteiger partial charge < -0.3 is 19.9 Å². The lowest BCUT2D eigenvalue weighted by molar-refractivity contribution is 0.0594. The maximum atomic E-state index is 9.51. The van der Waals surface area contributed by atoms with Gasteiger partial charge in [0.05, 0.1) is 19.3 Å². The highest BCUT2D eigenvalue weighted by Gasteiger charge is 2.22. The summed E-state index contributed by atoms with van der Waals surface area (Å²) >= 11 is 0.